The van der Waals surface area contributed by atoms with Gasteiger partial charge in [0.2, 0.25) is 11.8 Å². The number of carbonyl (C=O) groups is 2. The fourth-order valence-corrected chi connectivity index (χ4v) is 4.84. The SMILES string of the molecule is O=C(Nc1nccs1)[C@H]1CC=C[C@H]2CCN(Cc3ccc(Cl)c(Cl)c3)C(=O)[C@H]12. The first-order chi connectivity index (χ1) is 13.5. The first-order valence-corrected chi connectivity index (χ1v) is 10.8. The van der Waals surface area contributed by atoms with Crippen LogP contribution in [0.3, 0.4) is 0 Å². The molecule has 28 heavy (non-hydrogen) atoms. The highest BCUT2D eigenvalue weighted by atomic mass is 35.5. The van der Waals surface area contributed by atoms with Gasteiger partial charge in [0.1, 0.15) is 0 Å². The summed E-state index contributed by atoms with van der Waals surface area (Å²) in [6.07, 6.45) is 7.16. The number of nitrogens with one attached hydrogen (secondary N) is 1. The van der Waals surface area contributed by atoms with E-state index in [1.165, 1.54) is 11.3 Å². The van der Waals surface area contributed by atoms with Gasteiger partial charge in [-0.3, -0.25) is 9.59 Å². The molecule has 2 aliphatic rings. The Morgan fingerprint density at radius 1 is 1.32 bits per heavy atom. The van der Waals surface area contributed by atoms with Crippen LogP contribution in [0.25, 0.3) is 0 Å². The number of amides is 2. The number of aromatic nitrogens is 1. The number of fused-ring (bicyclic) bond motifs is 1. The van der Waals surface area contributed by atoms with Crippen LogP contribution in [-0.2, 0) is 16.1 Å². The molecule has 0 radical (unpaired) electrons. The molecule has 146 valence electrons. The molecule has 1 saturated heterocycles. The zero-order chi connectivity index (χ0) is 19.7. The predicted molar refractivity (Wildman–Crippen MR) is 111 cm³/mol. The number of thiazole rings is 1. The Kier molecular flexibility index (Phi) is 5.71. The number of rotatable bonds is 4. The topological polar surface area (TPSA) is 62.3 Å². The van der Waals surface area contributed by atoms with Crippen LogP contribution in [0.4, 0.5) is 5.13 Å². The number of piperidine rings is 1. The number of hydrogen-bond donors (Lipinski definition) is 1. The maximum Gasteiger partial charge on any atom is 0.230 e. The Labute approximate surface area is 177 Å². The minimum atomic E-state index is -0.386. The van der Waals surface area contributed by atoms with Crippen molar-refractivity contribution in [2.75, 3.05) is 11.9 Å². The van der Waals surface area contributed by atoms with Crippen molar-refractivity contribution in [3.63, 3.8) is 0 Å². The zero-order valence-electron chi connectivity index (χ0n) is 15.0. The van der Waals surface area contributed by atoms with E-state index in [4.69, 9.17) is 23.2 Å². The Bertz CT molecular complexity index is 916. The maximum absolute atomic E-state index is 13.3. The summed E-state index contributed by atoms with van der Waals surface area (Å²) < 4.78 is 0. The van der Waals surface area contributed by atoms with E-state index >= 15 is 0 Å². The van der Waals surface area contributed by atoms with Crippen molar-refractivity contribution >= 4 is 51.5 Å². The summed E-state index contributed by atoms with van der Waals surface area (Å²) >= 11 is 13.5. The maximum atomic E-state index is 13.3. The molecule has 1 aromatic carbocycles. The largest absolute Gasteiger partial charge is 0.338 e. The molecule has 1 aliphatic heterocycles. The molecule has 1 aliphatic carbocycles. The molecule has 0 unspecified atom stereocenters. The average Bonchev–Trinajstić information content (AvgIpc) is 3.19. The second-order valence-corrected chi connectivity index (χ2v) is 8.79. The number of likely N-dealkylation sites (tertiary alicyclic amines) is 1. The van der Waals surface area contributed by atoms with Crippen LogP contribution in [0.2, 0.25) is 10.0 Å². The van der Waals surface area contributed by atoms with Crippen LogP contribution >= 0.6 is 34.5 Å². The number of benzene rings is 1. The minimum absolute atomic E-state index is 0.0194. The number of allylic oxidation sites excluding steroid dienone is 2. The summed E-state index contributed by atoms with van der Waals surface area (Å²) in [4.78, 5) is 32.0. The molecule has 1 fully saturated rings. The van der Waals surface area contributed by atoms with Gasteiger partial charge in [-0.1, -0.05) is 41.4 Å². The van der Waals surface area contributed by atoms with Gasteiger partial charge in [-0.15, -0.1) is 11.3 Å². The number of carbonyl (C=O) groups excluding carboxylic acids is 2. The molecule has 1 aromatic heterocycles. The molecule has 3 atom stereocenters. The summed E-state index contributed by atoms with van der Waals surface area (Å²) in [5, 5.41) is 6.19. The van der Waals surface area contributed by atoms with Gasteiger partial charge >= 0.3 is 0 Å². The van der Waals surface area contributed by atoms with Crippen molar-refractivity contribution in [1.82, 2.24) is 9.88 Å². The summed E-state index contributed by atoms with van der Waals surface area (Å²) in [6, 6.07) is 5.40. The monoisotopic (exact) mass is 435 g/mol. The molecular formula is C20H19Cl2N3O2S. The Morgan fingerprint density at radius 3 is 2.93 bits per heavy atom. The van der Waals surface area contributed by atoms with Crippen LogP contribution in [0.5, 0.6) is 0 Å². The molecule has 1 N–H and O–H groups in total. The van der Waals surface area contributed by atoms with E-state index in [1.807, 2.05) is 22.4 Å². The van der Waals surface area contributed by atoms with E-state index in [-0.39, 0.29) is 29.6 Å². The van der Waals surface area contributed by atoms with Gasteiger partial charge in [0.05, 0.1) is 21.9 Å². The van der Waals surface area contributed by atoms with Crippen LogP contribution in [0, 0.1) is 17.8 Å². The van der Waals surface area contributed by atoms with Crippen LogP contribution in [0.1, 0.15) is 18.4 Å². The molecule has 8 heteroatoms. The van der Waals surface area contributed by atoms with Crippen molar-refractivity contribution in [3.05, 3.63) is 57.5 Å². The number of hydrogen-bond acceptors (Lipinski definition) is 4. The van der Waals surface area contributed by atoms with Gasteiger partial charge in [0.15, 0.2) is 5.13 Å². The second kappa shape index (κ2) is 8.23. The second-order valence-electron chi connectivity index (χ2n) is 7.08. The lowest BCUT2D eigenvalue weighted by Gasteiger charge is -2.41. The lowest BCUT2D eigenvalue weighted by atomic mass is 9.71. The first kappa shape index (κ1) is 19.4. The van der Waals surface area contributed by atoms with Gasteiger partial charge in [0, 0.05) is 24.7 Å². The molecule has 2 amide bonds. The fraction of sp³-hybridized carbons (Fsp3) is 0.350. The Balaban J connectivity index is 1.51. The highest BCUT2D eigenvalue weighted by Gasteiger charge is 2.44. The molecule has 4 rings (SSSR count). The van der Waals surface area contributed by atoms with Crippen molar-refractivity contribution < 1.29 is 9.59 Å². The standard InChI is InChI=1S/C20H19Cl2N3O2S/c21-15-5-4-12(10-16(15)22)11-25-8-6-13-2-1-3-14(17(13)19(25)27)18(26)24-20-23-7-9-28-20/h1-2,4-5,7,9-10,13-14,17H,3,6,8,11H2,(H,23,24,26)/t13-,14-,17-/m0/s1. The van der Waals surface area contributed by atoms with Gasteiger partial charge < -0.3 is 10.2 Å². The molecule has 0 spiro atoms. The van der Waals surface area contributed by atoms with Gasteiger partial charge in [0.25, 0.3) is 0 Å². The van der Waals surface area contributed by atoms with E-state index in [1.54, 1.807) is 18.3 Å². The first-order valence-electron chi connectivity index (χ1n) is 9.12. The highest BCUT2D eigenvalue weighted by Crippen LogP contribution is 2.38. The summed E-state index contributed by atoms with van der Waals surface area (Å²) in [5.74, 6) is -0.757. The summed E-state index contributed by atoms with van der Waals surface area (Å²) in [7, 11) is 0. The minimum Gasteiger partial charge on any atom is -0.338 e. The number of anilines is 1. The summed E-state index contributed by atoms with van der Waals surface area (Å²) in [6.45, 7) is 1.12. The third kappa shape index (κ3) is 3.95. The zero-order valence-corrected chi connectivity index (χ0v) is 17.3. The van der Waals surface area contributed by atoms with E-state index in [0.29, 0.717) is 34.7 Å². The summed E-state index contributed by atoms with van der Waals surface area (Å²) in [5.41, 5.74) is 0.927. The van der Waals surface area contributed by atoms with Gasteiger partial charge in [-0.2, -0.15) is 0 Å². The molecule has 2 aromatic rings. The van der Waals surface area contributed by atoms with Crippen LogP contribution in [-0.4, -0.2) is 28.2 Å². The Hall–Kier alpha value is -1.89. The lowest BCUT2D eigenvalue weighted by molar-refractivity contribution is -0.147. The average molecular weight is 436 g/mol. The molecule has 0 bridgehead atoms. The van der Waals surface area contributed by atoms with Gasteiger partial charge in [-0.05, 0) is 36.5 Å². The van der Waals surface area contributed by atoms with E-state index < -0.39 is 0 Å². The van der Waals surface area contributed by atoms with Crippen molar-refractivity contribution in [3.8, 4) is 0 Å². The highest BCUT2D eigenvalue weighted by molar-refractivity contribution is 7.13. The number of nitrogens with zero attached hydrogens (tertiary/aromatic N) is 2. The van der Waals surface area contributed by atoms with Crippen molar-refractivity contribution in [2.24, 2.45) is 17.8 Å². The lowest BCUT2D eigenvalue weighted by Crippen LogP contribution is -2.50. The quantitative estimate of drug-likeness (QED) is 0.711. The van der Waals surface area contributed by atoms with Gasteiger partial charge in [-0.25, -0.2) is 4.98 Å². The third-order valence-electron chi connectivity index (χ3n) is 5.35. The predicted octanol–water partition coefficient (Wildman–Crippen LogP) is 4.63. The van der Waals surface area contributed by atoms with Crippen LogP contribution in [0.15, 0.2) is 41.9 Å². The number of halogens is 2. The fourth-order valence-electron chi connectivity index (χ4n) is 3.99. The Morgan fingerprint density at radius 2 is 2.18 bits per heavy atom. The van der Waals surface area contributed by atoms with E-state index in [9.17, 15) is 9.59 Å². The third-order valence-corrected chi connectivity index (χ3v) is 6.78. The molecular weight excluding hydrogens is 417 g/mol. The van der Waals surface area contributed by atoms with E-state index in [2.05, 4.69) is 16.4 Å². The van der Waals surface area contributed by atoms with Crippen molar-refractivity contribution in [2.45, 2.75) is 19.4 Å². The molecule has 2 heterocycles. The molecule has 0 saturated carbocycles. The normalized spacial score (nSPS) is 24.1. The van der Waals surface area contributed by atoms with Crippen LogP contribution < -0.4 is 5.32 Å². The smallest absolute Gasteiger partial charge is 0.230 e. The van der Waals surface area contributed by atoms with Crippen molar-refractivity contribution in [1.29, 1.82) is 0 Å². The molecule has 5 nitrogen and oxygen atoms in total. The van der Waals surface area contributed by atoms with E-state index in [0.717, 1.165) is 12.0 Å².